The van der Waals surface area contributed by atoms with Crippen molar-refractivity contribution in [3.8, 4) is 0 Å². The summed E-state index contributed by atoms with van der Waals surface area (Å²) in [5, 5.41) is 0.773. The predicted molar refractivity (Wildman–Crippen MR) is 72.4 cm³/mol. The van der Waals surface area contributed by atoms with Crippen molar-refractivity contribution in [1.82, 2.24) is 0 Å². The lowest BCUT2D eigenvalue weighted by molar-refractivity contribution is 0.206. The maximum Gasteiger partial charge on any atom is 0.184 e. The zero-order valence-electron chi connectivity index (χ0n) is 10.4. The van der Waals surface area contributed by atoms with E-state index in [1.54, 1.807) is 0 Å². The molecule has 16 heavy (non-hydrogen) atoms. The van der Waals surface area contributed by atoms with E-state index in [0.29, 0.717) is 6.54 Å². The van der Waals surface area contributed by atoms with Crippen molar-refractivity contribution in [2.45, 2.75) is 32.7 Å². The van der Waals surface area contributed by atoms with Crippen LogP contribution in [0.25, 0.3) is 0 Å². The van der Waals surface area contributed by atoms with E-state index in [1.807, 2.05) is 25.1 Å². The van der Waals surface area contributed by atoms with Crippen LogP contribution in [-0.2, 0) is 4.43 Å². The highest BCUT2D eigenvalue weighted by Gasteiger charge is 2.22. The summed E-state index contributed by atoms with van der Waals surface area (Å²) < 4.78 is 6.06. The van der Waals surface area contributed by atoms with Gasteiger partial charge in [-0.25, -0.2) is 0 Å². The topological polar surface area (TPSA) is 35.2 Å². The van der Waals surface area contributed by atoms with Gasteiger partial charge < -0.3 is 10.2 Å². The van der Waals surface area contributed by atoms with E-state index >= 15 is 0 Å². The lowest BCUT2D eigenvalue weighted by Crippen LogP contribution is -2.31. The predicted octanol–water partition coefficient (Wildman–Crippen LogP) is 3.50. The van der Waals surface area contributed by atoms with Gasteiger partial charge in [0.2, 0.25) is 0 Å². The number of halogens is 1. The fourth-order valence-corrected chi connectivity index (χ4v) is 2.90. The number of hydrogen-bond donors (Lipinski definition) is 1. The highest BCUT2D eigenvalue weighted by Crippen LogP contribution is 2.28. The first kappa shape index (κ1) is 13.7. The number of nitrogens with two attached hydrogens (primary N) is 1. The molecule has 1 rings (SSSR count). The highest BCUT2D eigenvalue weighted by molar-refractivity contribution is 6.69. The molecule has 2 nitrogen and oxygen atoms in total. The molecule has 90 valence electrons. The van der Waals surface area contributed by atoms with E-state index in [1.165, 1.54) is 0 Å². The largest absolute Gasteiger partial charge is 0.409 e. The summed E-state index contributed by atoms with van der Waals surface area (Å²) in [5.41, 5.74) is 7.96. The van der Waals surface area contributed by atoms with Gasteiger partial charge in [-0.05, 0) is 43.8 Å². The van der Waals surface area contributed by atoms with Crippen LogP contribution in [0, 0.1) is 6.92 Å². The minimum absolute atomic E-state index is 0.0367. The lowest BCUT2D eigenvalue weighted by Gasteiger charge is -2.27. The molecule has 0 aliphatic rings. The third-order valence-electron chi connectivity index (χ3n) is 2.37. The molecule has 0 saturated carbocycles. The molecule has 0 amide bonds. The van der Waals surface area contributed by atoms with Gasteiger partial charge in [-0.15, -0.1) is 0 Å². The molecular weight excluding hydrogens is 238 g/mol. The Bertz CT molecular complexity index is 363. The zero-order chi connectivity index (χ0) is 12.3. The van der Waals surface area contributed by atoms with E-state index in [4.69, 9.17) is 21.8 Å². The van der Waals surface area contributed by atoms with E-state index in [0.717, 1.165) is 16.1 Å². The van der Waals surface area contributed by atoms with Crippen LogP contribution in [0.1, 0.15) is 17.2 Å². The first-order valence-corrected chi connectivity index (χ1v) is 9.26. The summed E-state index contributed by atoms with van der Waals surface area (Å²) in [6, 6.07) is 5.88. The molecule has 0 aliphatic heterocycles. The Morgan fingerprint density at radius 3 is 2.50 bits per heavy atom. The summed E-state index contributed by atoms with van der Waals surface area (Å²) in [6.45, 7) is 8.99. The molecule has 0 aromatic heterocycles. The standard InChI is InChI=1S/C12H20ClNOSi/c1-9-10(6-5-7-11(9)13)12(8-14)15-16(2,3)4/h5-7,12H,8,14H2,1-4H3/t12-/m0/s1. The van der Waals surface area contributed by atoms with Crippen LogP contribution in [0.5, 0.6) is 0 Å². The molecule has 0 aliphatic carbocycles. The Morgan fingerprint density at radius 1 is 1.38 bits per heavy atom. The van der Waals surface area contributed by atoms with Crippen LogP contribution >= 0.6 is 11.6 Å². The van der Waals surface area contributed by atoms with Gasteiger partial charge in [-0.2, -0.15) is 0 Å². The van der Waals surface area contributed by atoms with Crippen molar-refractivity contribution >= 4 is 19.9 Å². The molecule has 0 radical (unpaired) electrons. The average molecular weight is 258 g/mol. The second-order valence-corrected chi connectivity index (χ2v) is 9.78. The van der Waals surface area contributed by atoms with Gasteiger partial charge in [0.25, 0.3) is 0 Å². The van der Waals surface area contributed by atoms with Crippen molar-refractivity contribution < 1.29 is 4.43 Å². The molecule has 4 heteroatoms. The van der Waals surface area contributed by atoms with E-state index in [9.17, 15) is 0 Å². The van der Waals surface area contributed by atoms with Gasteiger partial charge in [0.05, 0.1) is 6.10 Å². The van der Waals surface area contributed by atoms with Crippen molar-refractivity contribution in [1.29, 1.82) is 0 Å². The second kappa shape index (κ2) is 5.32. The summed E-state index contributed by atoms with van der Waals surface area (Å²) in [6.07, 6.45) is -0.0367. The molecule has 1 atom stereocenters. The molecule has 2 N–H and O–H groups in total. The Morgan fingerprint density at radius 2 is 2.00 bits per heavy atom. The van der Waals surface area contributed by atoms with E-state index in [2.05, 4.69) is 19.6 Å². The number of hydrogen-bond acceptors (Lipinski definition) is 2. The normalized spacial score (nSPS) is 13.9. The van der Waals surface area contributed by atoms with Crippen LogP contribution in [0.2, 0.25) is 24.7 Å². The summed E-state index contributed by atoms with van der Waals surface area (Å²) in [4.78, 5) is 0. The minimum atomic E-state index is -1.59. The van der Waals surface area contributed by atoms with Gasteiger partial charge in [0, 0.05) is 11.6 Å². The Labute approximate surface area is 104 Å². The van der Waals surface area contributed by atoms with Gasteiger partial charge in [0.15, 0.2) is 8.32 Å². The molecular formula is C12H20ClNOSi. The summed E-state index contributed by atoms with van der Waals surface area (Å²) in [7, 11) is -1.59. The quantitative estimate of drug-likeness (QED) is 0.838. The third kappa shape index (κ3) is 3.59. The van der Waals surface area contributed by atoms with E-state index in [-0.39, 0.29) is 6.10 Å². The van der Waals surface area contributed by atoms with Crippen molar-refractivity contribution in [3.05, 3.63) is 34.3 Å². The Kier molecular flexibility index (Phi) is 4.56. The molecule has 0 heterocycles. The smallest absolute Gasteiger partial charge is 0.184 e. The molecule has 0 spiro atoms. The van der Waals surface area contributed by atoms with Crippen molar-refractivity contribution in [2.75, 3.05) is 6.54 Å². The monoisotopic (exact) mass is 257 g/mol. The van der Waals surface area contributed by atoms with Gasteiger partial charge >= 0.3 is 0 Å². The zero-order valence-corrected chi connectivity index (χ0v) is 12.1. The van der Waals surface area contributed by atoms with Crippen LogP contribution in [0.15, 0.2) is 18.2 Å². The van der Waals surface area contributed by atoms with E-state index < -0.39 is 8.32 Å². The maximum absolute atomic E-state index is 6.10. The van der Waals surface area contributed by atoms with Crippen molar-refractivity contribution in [3.63, 3.8) is 0 Å². The van der Waals surface area contributed by atoms with Crippen LogP contribution in [0.4, 0.5) is 0 Å². The molecule has 1 aromatic carbocycles. The highest BCUT2D eigenvalue weighted by atomic mass is 35.5. The van der Waals surface area contributed by atoms with Crippen molar-refractivity contribution in [2.24, 2.45) is 5.73 Å². The van der Waals surface area contributed by atoms with Crippen LogP contribution in [-0.4, -0.2) is 14.9 Å². The van der Waals surface area contributed by atoms with Gasteiger partial charge in [0.1, 0.15) is 0 Å². The fourth-order valence-electron chi connectivity index (χ4n) is 1.64. The first-order chi connectivity index (χ1) is 7.35. The SMILES string of the molecule is Cc1c(Cl)cccc1[C@H](CN)O[Si](C)(C)C. The second-order valence-electron chi connectivity index (χ2n) is 4.91. The van der Waals surface area contributed by atoms with Crippen LogP contribution in [0.3, 0.4) is 0 Å². The summed E-state index contributed by atoms with van der Waals surface area (Å²) >= 11 is 6.10. The molecule has 1 aromatic rings. The minimum Gasteiger partial charge on any atom is -0.409 e. The molecule has 0 saturated heterocycles. The molecule has 0 fully saturated rings. The number of benzene rings is 1. The molecule has 0 bridgehead atoms. The van der Waals surface area contributed by atoms with Crippen LogP contribution < -0.4 is 5.73 Å². The van der Waals surface area contributed by atoms with Gasteiger partial charge in [-0.1, -0.05) is 23.7 Å². The fraction of sp³-hybridized carbons (Fsp3) is 0.500. The maximum atomic E-state index is 6.10. The summed E-state index contributed by atoms with van der Waals surface area (Å²) in [5.74, 6) is 0. The van der Waals surface area contributed by atoms with Gasteiger partial charge in [-0.3, -0.25) is 0 Å². The number of rotatable bonds is 4. The lowest BCUT2D eigenvalue weighted by atomic mass is 10.0. The first-order valence-electron chi connectivity index (χ1n) is 5.48. The Hall–Kier alpha value is -0.353. The molecule has 0 unspecified atom stereocenters. The average Bonchev–Trinajstić information content (AvgIpc) is 2.18. The third-order valence-corrected chi connectivity index (χ3v) is 3.77. The Balaban J connectivity index is 3.00.